The smallest absolute Gasteiger partial charge is 0.349 e. The topological polar surface area (TPSA) is 78.4 Å². The monoisotopic (exact) mass is 444 g/mol. The number of para-hydroxylation sites is 1. The van der Waals surface area contributed by atoms with Gasteiger partial charge in [-0.1, -0.05) is 76.9 Å². The highest BCUT2D eigenvalue weighted by Crippen LogP contribution is 2.29. The van der Waals surface area contributed by atoms with Crippen molar-refractivity contribution >= 4 is 22.6 Å². The van der Waals surface area contributed by atoms with E-state index in [1.54, 1.807) is 18.2 Å². The maximum atomic E-state index is 12.7. The number of halogens is 1. The predicted octanol–water partition coefficient (Wildman–Crippen LogP) is 6.05. The molecule has 3 aromatic carbocycles. The molecule has 0 fully saturated rings. The van der Waals surface area contributed by atoms with E-state index in [-0.39, 0.29) is 18.1 Å². The number of aryl methyl sites for hydroxylation is 1. The molecule has 5 rings (SSSR count). The summed E-state index contributed by atoms with van der Waals surface area (Å²) in [6.45, 7) is 2.24. The van der Waals surface area contributed by atoms with Crippen LogP contribution in [-0.4, -0.2) is 10.1 Å². The fraction of sp³-hybridized carbons (Fsp3) is 0.0800. The van der Waals surface area contributed by atoms with Gasteiger partial charge in [0.1, 0.15) is 12.2 Å². The van der Waals surface area contributed by atoms with E-state index in [9.17, 15) is 4.79 Å². The normalized spacial score (nSPS) is 11.1. The Kier molecular flexibility index (Phi) is 5.21. The third kappa shape index (κ3) is 3.88. The van der Waals surface area contributed by atoms with Gasteiger partial charge in [-0.25, -0.2) is 4.79 Å². The van der Waals surface area contributed by atoms with Crippen LogP contribution in [0.4, 0.5) is 0 Å². The maximum absolute atomic E-state index is 12.7. The van der Waals surface area contributed by atoms with Crippen LogP contribution in [0.15, 0.2) is 86.5 Å². The summed E-state index contributed by atoms with van der Waals surface area (Å²) < 4.78 is 16.8. The summed E-state index contributed by atoms with van der Waals surface area (Å²) in [7, 11) is 0. The van der Waals surface area contributed by atoms with Crippen molar-refractivity contribution in [2.24, 2.45) is 0 Å². The molecule has 0 atom stereocenters. The molecule has 158 valence electrons. The molecule has 0 unspecified atom stereocenters. The van der Waals surface area contributed by atoms with Crippen LogP contribution in [0, 0.1) is 6.92 Å². The first-order valence-electron chi connectivity index (χ1n) is 9.93. The van der Waals surface area contributed by atoms with Gasteiger partial charge in [0.2, 0.25) is 5.82 Å². The van der Waals surface area contributed by atoms with Crippen molar-refractivity contribution in [3.63, 3.8) is 0 Å². The number of fused-ring (bicyclic) bond motifs is 1. The second kappa shape index (κ2) is 8.32. The summed E-state index contributed by atoms with van der Waals surface area (Å²) in [6.07, 6.45) is 0. The van der Waals surface area contributed by atoms with Gasteiger partial charge in [0.15, 0.2) is 11.3 Å². The van der Waals surface area contributed by atoms with E-state index in [0.717, 1.165) is 16.7 Å². The Labute approximate surface area is 188 Å². The lowest BCUT2D eigenvalue weighted by Gasteiger charge is -2.09. The summed E-state index contributed by atoms with van der Waals surface area (Å²) in [4.78, 5) is 17.1. The maximum Gasteiger partial charge on any atom is 0.349 e. The van der Waals surface area contributed by atoms with Gasteiger partial charge in [0.25, 0.3) is 5.89 Å². The fourth-order valence-corrected chi connectivity index (χ4v) is 3.49. The Bertz CT molecular complexity index is 1470. The van der Waals surface area contributed by atoms with E-state index in [2.05, 4.69) is 10.1 Å². The van der Waals surface area contributed by atoms with Crippen LogP contribution < -0.4 is 10.4 Å². The van der Waals surface area contributed by atoms with Gasteiger partial charge in [-0.2, -0.15) is 4.98 Å². The molecule has 0 saturated heterocycles. The molecule has 2 heterocycles. The van der Waals surface area contributed by atoms with E-state index in [1.165, 1.54) is 0 Å². The molecule has 5 aromatic rings. The van der Waals surface area contributed by atoms with E-state index >= 15 is 0 Å². The average Bonchev–Trinajstić information content (AvgIpc) is 3.29. The van der Waals surface area contributed by atoms with Crippen LogP contribution in [-0.2, 0) is 6.61 Å². The zero-order valence-corrected chi connectivity index (χ0v) is 17.8. The molecular formula is C25H17ClN2O4. The first-order valence-corrected chi connectivity index (χ1v) is 10.3. The molecule has 6 nitrogen and oxygen atoms in total. The Morgan fingerprint density at radius 1 is 1.00 bits per heavy atom. The van der Waals surface area contributed by atoms with Crippen molar-refractivity contribution in [3.05, 3.63) is 99.4 Å². The fourth-order valence-electron chi connectivity index (χ4n) is 3.30. The number of aromatic nitrogens is 2. The molecule has 0 spiro atoms. The first kappa shape index (κ1) is 20.0. The van der Waals surface area contributed by atoms with E-state index in [0.29, 0.717) is 27.6 Å². The minimum absolute atomic E-state index is 0.0959. The lowest BCUT2D eigenvalue weighted by atomic mass is 10.1. The highest BCUT2D eigenvalue weighted by molar-refractivity contribution is 6.31. The lowest BCUT2D eigenvalue weighted by Crippen LogP contribution is -2.04. The van der Waals surface area contributed by atoms with Gasteiger partial charge in [0, 0.05) is 21.5 Å². The van der Waals surface area contributed by atoms with Crippen molar-refractivity contribution in [2.45, 2.75) is 13.5 Å². The van der Waals surface area contributed by atoms with Gasteiger partial charge >= 0.3 is 5.63 Å². The van der Waals surface area contributed by atoms with Gasteiger partial charge in [-0.05, 0) is 25.1 Å². The van der Waals surface area contributed by atoms with E-state index < -0.39 is 5.63 Å². The van der Waals surface area contributed by atoms with Gasteiger partial charge in [-0.15, -0.1) is 0 Å². The summed E-state index contributed by atoms with van der Waals surface area (Å²) >= 11 is 6.20. The van der Waals surface area contributed by atoms with Crippen LogP contribution >= 0.6 is 11.6 Å². The van der Waals surface area contributed by atoms with Crippen LogP contribution in [0.2, 0.25) is 5.02 Å². The zero-order valence-electron chi connectivity index (χ0n) is 17.0. The predicted molar refractivity (Wildman–Crippen MR) is 122 cm³/mol. The molecule has 0 saturated carbocycles. The van der Waals surface area contributed by atoms with Crippen LogP contribution in [0.5, 0.6) is 5.75 Å². The van der Waals surface area contributed by atoms with Crippen LogP contribution in [0.25, 0.3) is 33.8 Å². The zero-order chi connectivity index (χ0) is 22.1. The van der Waals surface area contributed by atoms with E-state index in [1.807, 2.05) is 61.5 Å². The highest BCUT2D eigenvalue weighted by Gasteiger charge is 2.17. The summed E-state index contributed by atoms with van der Waals surface area (Å²) in [5.74, 6) is 0.937. The summed E-state index contributed by atoms with van der Waals surface area (Å²) in [5, 5.41) is 5.28. The highest BCUT2D eigenvalue weighted by atomic mass is 35.5. The Morgan fingerprint density at radius 3 is 2.62 bits per heavy atom. The third-order valence-electron chi connectivity index (χ3n) is 5.03. The molecule has 0 radical (unpaired) electrons. The Morgan fingerprint density at radius 2 is 1.81 bits per heavy atom. The van der Waals surface area contributed by atoms with Crippen molar-refractivity contribution in [1.29, 1.82) is 0 Å². The Hall–Kier alpha value is -3.90. The molecule has 0 bridgehead atoms. The van der Waals surface area contributed by atoms with Crippen molar-refractivity contribution in [2.75, 3.05) is 0 Å². The molecule has 0 aliphatic heterocycles. The molecule has 7 heteroatoms. The molecule has 32 heavy (non-hydrogen) atoms. The van der Waals surface area contributed by atoms with Gasteiger partial charge in [-0.3, -0.25) is 0 Å². The molecule has 2 aromatic heterocycles. The van der Waals surface area contributed by atoms with Crippen LogP contribution in [0.3, 0.4) is 0 Å². The standard InChI is InChI=1S/C25H17ClN2O4/c1-15-9-11-16(12-10-15)23-27-24(32-28-23)19-13-17-6-4-8-21(22(17)31-25(19)29)30-14-18-5-2-3-7-20(18)26/h2-13H,14H2,1H3. The quantitative estimate of drug-likeness (QED) is 0.307. The summed E-state index contributed by atoms with van der Waals surface area (Å²) in [6, 6.07) is 22.2. The number of hydrogen-bond donors (Lipinski definition) is 0. The second-order valence-corrected chi connectivity index (χ2v) is 7.70. The number of ether oxygens (including phenoxy) is 1. The van der Waals surface area contributed by atoms with Crippen molar-refractivity contribution in [1.82, 2.24) is 10.1 Å². The second-order valence-electron chi connectivity index (χ2n) is 7.29. The number of rotatable bonds is 5. The van der Waals surface area contributed by atoms with E-state index in [4.69, 9.17) is 25.3 Å². The lowest BCUT2D eigenvalue weighted by molar-refractivity contribution is 0.304. The molecule has 0 N–H and O–H groups in total. The van der Waals surface area contributed by atoms with Crippen LogP contribution in [0.1, 0.15) is 11.1 Å². The first-order chi connectivity index (χ1) is 15.6. The Balaban J connectivity index is 1.48. The minimum Gasteiger partial charge on any atom is -0.485 e. The minimum atomic E-state index is -0.592. The van der Waals surface area contributed by atoms with Crippen molar-refractivity contribution in [3.8, 4) is 28.6 Å². The number of benzene rings is 3. The molecule has 0 aliphatic carbocycles. The molecule has 0 aliphatic rings. The molecular weight excluding hydrogens is 428 g/mol. The van der Waals surface area contributed by atoms with Crippen molar-refractivity contribution < 1.29 is 13.7 Å². The molecule has 0 amide bonds. The SMILES string of the molecule is Cc1ccc(-c2noc(-c3cc4cccc(OCc5ccccc5Cl)c4oc3=O)n2)cc1. The third-order valence-corrected chi connectivity index (χ3v) is 5.40. The van der Waals surface area contributed by atoms with Gasteiger partial charge in [0.05, 0.1) is 0 Å². The van der Waals surface area contributed by atoms with Gasteiger partial charge < -0.3 is 13.7 Å². The average molecular weight is 445 g/mol. The largest absolute Gasteiger partial charge is 0.485 e. The number of nitrogens with zero attached hydrogens (tertiary/aromatic N) is 2. The number of hydrogen-bond acceptors (Lipinski definition) is 6. The summed E-state index contributed by atoms with van der Waals surface area (Å²) in [5.41, 5.74) is 2.69.